The molecule has 1 atom stereocenters. The van der Waals surface area contributed by atoms with Crippen LogP contribution in [-0.2, 0) is 4.74 Å². The van der Waals surface area contributed by atoms with Crippen LogP contribution in [0.2, 0.25) is 0 Å². The van der Waals surface area contributed by atoms with Crippen molar-refractivity contribution < 1.29 is 19.4 Å². The topological polar surface area (TPSA) is 168 Å². The highest BCUT2D eigenvalue weighted by atomic mass is 16.6. The number of carboxylic acids is 1. The number of carbonyl (C=O) groups excluding carboxylic acids is 1. The van der Waals surface area contributed by atoms with Crippen molar-refractivity contribution >= 4 is 23.3 Å². The van der Waals surface area contributed by atoms with Gasteiger partial charge in [0.2, 0.25) is 0 Å². The fourth-order valence-electron chi connectivity index (χ4n) is 2.08. The zero-order valence-corrected chi connectivity index (χ0v) is 12.7. The Balaban J connectivity index is 2.43. The summed E-state index contributed by atoms with van der Waals surface area (Å²) in [5.41, 5.74) is 23.8. The Kier molecular flexibility index (Phi) is 5.02. The molecular formula is C16H18N4O4. The maximum absolute atomic E-state index is 12.1. The van der Waals surface area contributed by atoms with Crippen LogP contribution in [-0.4, -0.2) is 29.8 Å². The van der Waals surface area contributed by atoms with Crippen molar-refractivity contribution in [3.8, 4) is 11.1 Å². The Morgan fingerprint density at radius 1 is 1.00 bits per heavy atom. The number of nitrogen functional groups attached to an aromatic ring is 2. The molecule has 24 heavy (non-hydrogen) atoms. The molecule has 2 aromatic rings. The molecule has 2 aromatic carbocycles. The normalized spacial score (nSPS) is 11.8. The van der Waals surface area contributed by atoms with Crippen LogP contribution in [0.5, 0.6) is 0 Å². The van der Waals surface area contributed by atoms with E-state index in [0.29, 0.717) is 11.1 Å². The second-order valence-electron chi connectivity index (χ2n) is 5.09. The molecule has 0 aliphatic carbocycles. The molecule has 0 saturated carbocycles. The average Bonchev–Trinajstić information content (AvgIpc) is 2.55. The van der Waals surface area contributed by atoms with Gasteiger partial charge < -0.3 is 27.0 Å². The Bertz CT molecular complexity index is 792. The maximum Gasteiger partial charge on any atom is 0.341 e. The van der Waals surface area contributed by atoms with Gasteiger partial charge in [-0.3, -0.25) is 5.73 Å². The highest BCUT2D eigenvalue weighted by Gasteiger charge is 2.16. The van der Waals surface area contributed by atoms with Gasteiger partial charge in [-0.1, -0.05) is 12.1 Å². The predicted molar refractivity (Wildman–Crippen MR) is 90.1 cm³/mol. The number of ether oxygens (including phenoxy) is 1. The van der Waals surface area contributed by atoms with Gasteiger partial charge >= 0.3 is 11.9 Å². The number of hydrogen-bond donors (Lipinski definition) is 5. The van der Waals surface area contributed by atoms with Crippen molar-refractivity contribution in [1.29, 1.82) is 0 Å². The van der Waals surface area contributed by atoms with Crippen LogP contribution in [0.1, 0.15) is 20.7 Å². The van der Waals surface area contributed by atoms with Crippen LogP contribution in [0.4, 0.5) is 11.4 Å². The van der Waals surface area contributed by atoms with Gasteiger partial charge in [0.15, 0.2) is 6.23 Å². The smallest absolute Gasteiger partial charge is 0.341 e. The summed E-state index contributed by atoms with van der Waals surface area (Å²) in [7, 11) is 0. The molecule has 0 saturated heterocycles. The van der Waals surface area contributed by atoms with E-state index in [1.165, 1.54) is 24.3 Å². The number of nitrogens with two attached hydrogens (primary N) is 4. The molecule has 0 heterocycles. The summed E-state index contributed by atoms with van der Waals surface area (Å²) in [6, 6.07) is 9.23. The lowest BCUT2D eigenvalue weighted by Crippen LogP contribution is -2.34. The highest BCUT2D eigenvalue weighted by molar-refractivity contribution is 5.98. The molecule has 0 radical (unpaired) electrons. The lowest BCUT2D eigenvalue weighted by Gasteiger charge is -2.13. The Hall–Kier alpha value is -3.10. The summed E-state index contributed by atoms with van der Waals surface area (Å²) in [5.74, 6) is -1.85. The van der Waals surface area contributed by atoms with Crippen LogP contribution >= 0.6 is 0 Å². The first-order valence-electron chi connectivity index (χ1n) is 7.02. The van der Waals surface area contributed by atoms with Gasteiger partial charge in [0.05, 0.1) is 11.1 Å². The van der Waals surface area contributed by atoms with E-state index in [4.69, 9.17) is 32.8 Å². The van der Waals surface area contributed by atoms with Crippen molar-refractivity contribution in [2.75, 3.05) is 18.0 Å². The molecule has 0 fully saturated rings. The average molecular weight is 330 g/mol. The number of rotatable bonds is 5. The zero-order valence-electron chi connectivity index (χ0n) is 12.7. The van der Waals surface area contributed by atoms with E-state index in [2.05, 4.69) is 0 Å². The van der Waals surface area contributed by atoms with Gasteiger partial charge in [-0.05, 0) is 35.4 Å². The van der Waals surface area contributed by atoms with E-state index in [0.717, 1.165) is 0 Å². The number of anilines is 2. The van der Waals surface area contributed by atoms with Gasteiger partial charge in [-0.15, -0.1) is 0 Å². The van der Waals surface area contributed by atoms with Crippen LogP contribution in [0.25, 0.3) is 11.1 Å². The number of carboxylic acid groups (broad SMARTS) is 1. The molecule has 0 bridgehead atoms. The lowest BCUT2D eigenvalue weighted by atomic mass is 9.99. The second-order valence-corrected chi connectivity index (χ2v) is 5.09. The van der Waals surface area contributed by atoms with Gasteiger partial charge in [0, 0.05) is 17.9 Å². The van der Waals surface area contributed by atoms with E-state index in [9.17, 15) is 9.59 Å². The first-order valence-corrected chi connectivity index (χ1v) is 7.02. The molecule has 0 spiro atoms. The number of aromatic carboxylic acids is 1. The monoisotopic (exact) mass is 330 g/mol. The number of hydrogen-bond acceptors (Lipinski definition) is 7. The molecule has 2 rings (SSSR count). The number of carbonyl (C=O) groups is 2. The van der Waals surface area contributed by atoms with Crippen molar-refractivity contribution in [3.63, 3.8) is 0 Å². The Labute approximate surface area is 138 Å². The SMILES string of the molecule is NCC(N)OC(=O)c1cc(-c2ccc(N)c(C(=O)O)c2)ccc1N. The quantitative estimate of drug-likeness (QED) is 0.302. The number of benzene rings is 2. The fourth-order valence-corrected chi connectivity index (χ4v) is 2.08. The molecule has 0 aliphatic heterocycles. The summed E-state index contributed by atoms with van der Waals surface area (Å²) in [4.78, 5) is 23.3. The third-order valence-corrected chi connectivity index (χ3v) is 3.38. The van der Waals surface area contributed by atoms with E-state index >= 15 is 0 Å². The first kappa shape index (κ1) is 17.3. The Morgan fingerprint density at radius 3 is 2.00 bits per heavy atom. The summed E-state index contributed by atoms with van der Waals surface area (Å²) in [5, 5.41) is 9.15. The fraction of sp³-hybridized carbons (Fsp3) is 0.125. The molecule has 0 amide bonds. The van der Waals surface area contributed by atoms with E-state index in [1.807, 2.05) is 0 Å². The van der Waals surface area contributed by atoms with Crippen LogP contribution in [0.15, 0.2) is 36.4 Å². The Morgan fingerprint density at radius 2 is 1.50 bits per heavy atom. The van der Waals surface area contributed by atoms with Crippen molar-refractivity contribution in [1.82, 2.24) is 0 Å². The molecule has 9 N–H and O–H groups in total. The van der Waals surface area contributed by atoms with Gasteiger partial charge in [-0.25, -0.2) is 9.59 Å². The van der Waals surface area contributed by atoms with Crippen LogP contribution in [0.3, 0.4) is 0 Å². The minimum atomic E-state index is -1.14. The second kappa shape index (κ2) is 6.99. The predicted octanol–water partition coefficient (Wildman–Crippen LogP) is 0.617. The lowest BCUT2D eigenvalue weighted by molar-refractivity contribution is 0.0335. The van der Waals surface area contributed by atoms with E-state index in [-0.39, 0.29) is 29.0 Å². The maximum atomic E-state index is 12.1. The molecule has 126 valence electrons. The summed E-state index contributed by atoms with van der Waals surface area (Å²) >= 11 is 0. The van der Waals surface area contributed by atoms with E-state index < -0.39 is 18.2 Å². The van der Waals surface area contributed by atoms with Crippen LogP contribution in [0, 0.1) is 0 Å². The van der Waals surface area contributed by atoms with E-state index in [1.54, 1.807) is 12.1 Å². The van der Waals surface area contributed by atoms with Crippen molar-refractivity contribution in [2.45, 2.75) is 6.23 Å². The molecule has 1 unspecified atom stereocenters. The standard InChI is InChI=1S/C16H18N4O4/c17-7-14(20)24-16(23)11-6-9(2-4-13(11)19)8-1-3-12(18)10(5-8)15(21)22/h1-6,14H,7,17-20H2,(H,21,22). The molecule has 0 aromatic heterocycles. The van der Waals surface area contributed by atoms with Gasteiger partial charge in [0.25, 0.3) is 0 Å². The summed E-state index contributed by atoms with van der Waals surface area (Å²) in [6.45, 7) is -0.0226. The third-order valence-electron chi connectivity index (χ3n) is 3.38. The molecule has 8 heteroatoms. The van der Waals surface area contributed by atoms with Gasteiger partial charge in [-0.2, -0.15) is 0 Å². The molecule has 0 aliphatic rings. The third kappa shape index (κ3) is 3.62. The number of esters is 1. The van der Waals surface area contributed by atoms with Crippen molar-refractivity contribution in [3.05, 3.63) is 47.5 Å². The molecular weight excluding hydrogens is 312 g/mol. The minimum absolute atomic E-state index is 0.0226. The largest absolute Gasteiger partial charge is 0.478 e. The first-order chi connectivity index (χ1) is 11.3. The minimum Gasteiger partial charge on any atom is -0.478 e. The van der Waals surface area contributed by atoms with Gasteiger partial charge in [0.1, 0.15) is 0 Å². The summed E-state index contributed by atoms with van der Waals surface area (Å²) in [6.07, 6.45) is -0.935. The zero-order chi connectivity index (χ0) is 17.9. The van der Waals surface area contributed by atoms with Crippen LogP contribution < -0.4 is 22.9 Å². The highest BCUT2D eigenvalue weighted by Crippen LogP contribution is 2.27. The molecule has 8 nitrogen and oxygen atoms in total. The van der Waals surface area contributed by atoms with Crippen molar-refractivity contribution in [2.24, 2.45) is 11.5 Å². The summed E-state index contributed by atoms with van der Waals surface area (Å²) < 4.78 is 4.96.